The smallest absolute Gasteiger partial charge is 0.259 e. The predicted molar refractivity (Wildman–Crippen MR) is 131 cm³/mol. The molecule has 35 heavy (non-hydrogen) atoms. The quantitative estimate of drug-likeness (QED) is 0.367. The molecule has 0 spiro atoms. The van der Waals surface area contributed by atoms with Crippen molar-refractivity contribution in [1.82, 2.24) is 34.4 Å². The SMILES string of the molecule is COc1ccc2nc(Cl)c(CN3CCN(c4nc(N)n5nc(-c6ccco6)nc5n4)CC3)cc2c1. The van der Waals surface area contributed by atoms with Gasteiger partial charge in [0.15, 0.2) is 5.76 Å². The largest absolute Gasteiger partial charge is 0.497 e. The third kappa shape index (κ3) is 4.08. The van der Waals surface area contributed by atoms with Crippen molar-refractivity contribution in [2.45, 2.75) is 6.54 Å². The minimum atomic E-state index is 0.224. The lowest BCUT2D eigenvalue weighted by Gasteiger charge is -2.34. The Bertz CT molecular complexity index is 1510. The summed E-state index contributed by atoms with van der Waals surface area (Å²) in [5.41, 5.74) is 7.98. The van der Waals surface area contributed by atoms with Gasteiger partial charge in [-0.2, -0.15) is 19.5 Å². The summed E-state index contributed by atoms with van der Waals surface area (Å²) in [6.07, 6.45) is 1.57. The van der Waals surface area contributed by atoms with E-state index in [0.717, 1.165) is 48.4 Å². The Morgan fingerprint density at radius 1 is 1.06 bits per heavy atom. The van der Waals surface area contributed by atoms with Gasteiger partial charge in [-0.05, 0) is 36.4 Å². The number of fused-ring (bicyclic) bond motifs is 2. The Morgan fingerprint density at radius 3 is 2.69 bits per heavy atom. The highest BCUT2D eigenvalue weighted by Gasteiger charge is 2.22. The number of ether oxygens (including phenoxy) is 1. The first kappa shape index (κ1) is 21.6. The van der Waals surface area contributed by atoms with Crippen LogP contribution in [0.25, 0.3) is 28.3 Å². The topological polar surface area (TPSA) is 124 Å². The van der Waals surface area contributed by atoms with Crippen LogP contribution in [-0.2, 0) is 6.54 Å². The summed E-state index contributed by atoms with van der Waals surface area (Å²) in [6.45, 7) is 3.80. The molecule has 0 unspecified atom stereocenters. The third-order valence-electron chi connectivity index (χ3n) is 6.06. The molecule has 4 aromatic heterocycles. The maximum absolute atomic E-state index is 6.50. The zero-order valence-electron chi connectivity index (χ0n) is 18.9. The van der Waals surface area contributed by atoms with E-state index >= 15 is 0 Å². The number of aromatic nitrogens is 6. The van der Waals surface area contributed by atoms with Gasteiger partial charge in [0.1, 0.15) is 10.9 Å². The molecule has 178 valence electrons. The maximum atomic E-state index is 6.50. The van der Waals surface area contributed by atoms with Crippen LogP contribution in [0.15, 0.2) is 47.1 Å². The van der Waals surface area contributed by atoms with Crippen molar-refractivity contribution in [3.05, 3.63) is 53.4 Å². The van der Waals surface area contributed by atoms with Crippen LogP contribution in [0.2, 0.25) is 5.15 Å². The van der Waals surface area contributed by atoms with E-state index in [-0.39, 0.29) is 5.95 Å². The molecule has 2 N–H and O–H groups in total. The van der Waals surface area contributed by atoms with Gasteiger partial charge in [-0.3, -0.25) is 4.90 Å². The predicted octanol–water partition coefficient (Wildman–Crippen LogP) is 2.89. The van der Waals surface area contributed by atoms with Crippen LogP contribution < -0.4 is 15.4 Å². The van der Waals surface area contributed by atoms with Crippen molar-refractivity contribution in [2.24, 2.45) is 0 Å². The fourth-order valence-electron chi connectivity index (χ4n) is 4.21. The third-order valence-corrected chi connectivity index (χ3v) is 6.39. The van der Waals surface area contributed by atoms with Gasteiger partial charge >= 0.3 is 0 Å². The molecule has 11 nitrogen and oxygen atoms in total. The Balaban J connectivity index is 1.17. The molecule has 0 atom stereocenters. The van der Waals surface area contributed by atoms with Crippen molar-refractivity contribution in [3.63, 3.8) is 0 Å². The highest BCUT2D eigenvalue weighted by Crippen LogP contribution is 2.26. The number of pyridine rings is 1. The molecule has 0 aliphatic carbocycles. The van der Waals surface area contributed by atoms with Crippen LogP contribution in [0.4, 0.5) is 11.9 Å². The Kier molecular flexibility index (Phi) is 5.34. The van der Waals surface area contributed by atoms with Crippen LogP contribution >= 0.6 is 11.6 Å². The molecule has 5 aromatic rings. The second kappa shape index (κ2) is 8.67. The number of benzene rings is 1. The summed E-state index contributed by atoms with van der Waals surface area (Å²) < 4.78 is 12.1. The molecular weight excluding hydrogens is 470 g/mol. The second-order valence-corrected chi connectivity index (χ2v) is 8.62. The van der Waals surface area contributed by atoms with E-state index in [4.69, 9.17) is 26.5 Å². The summed E-state index contributed by atoms with van der Waals surface area (Å²) >= 11 is 6.50. The molecule has 0 bridgehead atoms. The molecule has 5 heterocycles. The molecule has 1 aromatic carbocycles. The number of methoxy groups -OCH3 is 1. The van der Waals surface area contributed by atoms with Gasteiger partial charge in [-0.1, -0.05) is 11.6 Å². The van der Waals surface area contributed by atoms with Crippen LogP contribution in [-0.4, -0.2) is 67.7 Å². The zero-order valence-corrected chi connectivity index (χ0v) is 19.7. The fraction of sp³-hybridized carbons (Fsp3) is 0.261. The first-order valence-electron chi connectivity index (χ1n) is 11.1. The number of nitrogen functional groups attached to an aromatic ring is 1. The lowest BCUT2D eigenvalue weighted by atomic mass is 10.1. The number of halogens is 1. The molecule has 6 rings (SSSR count). The summed E-state index contributed by atoms with van der Waals surface area (Å²) in [7, 11) is 1.65. The van der Waals surface area contributed by atoms with Gasteiger partial charge in [-0.25, -0.2) is 4.98 Å². The van der Waals surface area contributed by atoms with E-state index in [1.165, 1.54) is 4.52 Å². The summed E-state index contributed by atoms with van der Waals surface area (Å²) in [4.78, 5) is 22.5. The average molecular weight is 492 g/mol. The van der Waals surface area contributed by atoms with Gasteiger partial charge in [0.2, 0.25) is 17.7 Å². The molecule has 0 amide bonds. The van der Waals surface area contributed by atoms with E-state index in [2.05, 4.69) is 40.9 Å². The first-order chi connectivity index (χ1) is 17.1. The monoisotopic (exact) mass is 491 g/mol. The number of hydrogen-bond donors (Lipinski definition) is 1. The van der Waals surface area contributed by atoms with Crippen molar-refractivity contribution in [3.8, 4) is 17.3 Å². The Morgan fingerprint density at radius 2 is 1.91 bits per heavy atom. The van der Waals surface area contributed by atoms with Gasteiger partial charge in [0.05, 0.1) is 18.9 Å². The van der Waals surface area contributed by atoms with Crippen molar-refractivity contribution < 1.29 is 9.15 Å². The number of rotatable bonds is 5. The molecule has 0 saturated carbocycles. The Hall–Kier alpha value is -3.96. The van der Waals surface area contributed by atoms with Crippen LogP contribution in [0.5, 0.6) is 5.75 Å². The molecular formula is C23H22ClN9O2. The average Bonchev–Trinajstić information content (AvgIpc) is 3.55. The van der Waals surface area contributed by atoms with Crippen LogP contribution in [0.1, 0.15) is 5.56 Å². The molecule has 1 fully saturated rings. The highest BCUT2D eigenvalue weighted by molar-refractivity contribution is 6.30. The van der Waals surface area contributed by atoms with Crippen molar-refractivity contribution in [1.29, 1.82) is 0 Å². The number of anilines is 2. The van der Waals surface area contributed by atoms with Gasteiger partial charge in [0.25, 0.3) is 5.78 Å². The minimum Gasteiger partial charge on any atom is -0.497 e. The fourth-order valence-corrected chi connectivity index (χ4v) is 4.41. The normalized spacial score (nSPS) is 14.7. The van der Waals surface area contributed by atoms with E-state index in [1.807, 2.05) is 18.2 Å². The van der Waals surface area contributed by atoms with E-state index in [9.17, 15) is 0 Å². The van der Waals surface area contributed by atoms with E-state index < -0.39 is 0 Å². The van der Waals surface area contributed by atoms with Crippen molar-refractivity contribution >= 4 is 40.2 Å². The number of hydrogen-bond acceptors (Lipinski definition) is 10. The molecule has 1 aliphatic rings. The number of nitrogens with two attached hydrogens (primary N) is 1. The highest BCUT2D eigenvalue weighted by atomic mass is 35.5. The number of furan rings is 1. The maximum Gasteiger partial charge on any atom is 0.259 e. The molecule has 1 saturated heterocycles. The van der Waals surface area contributed by atoms with Crippen LogP contribution in [0.3, 0.4) is 0 Å². The second-order valence-electron chi connectivity index (χ2n) is 8.27. The molecule has 0 radical (unpaired) electrons. The summed E-state index contributed by atoms with van der Waals surface area (Å²) in [5, 5.41) is 5.87. The van der Waals surface area contributed by atoms with Crippen LogP contribution in [0, 0.1) is 0 Å². The summed E-state index contributed by atoms with van der Waals surface area (Å²) in [6, 6.07) is 11.4. The zero-order chi connectivity index (χ0) is 23.9. The Labute approximate surface area is 205 Å². The standard InChI is InChI=1S/C23H22ClN9O2/c1-34-16-4-5-17-14(12-16)11-15(19(24)26-17)13-31-6-8-32(9-7-31)22-28-21(25)33-23(29-22)27-20(30-33)18-3-2-10-35-18/h2-5,10-12H,6-9,13H2,1H3,(H2,25,27,28,29,30). The van der Waals surface area contributed by atoms with Gasteiger partial charge in [0, 0.05) is 43.7 Å². The lowest BCUT2D eigenvalue weighted by molar-refractivity contribution is 0.248. The van der Waals surface area contributed by atoms with E-state index in [1.54, 1.807) is 25.5 Å². The molecule has 12 heteroatoms. The summed E-state index contributed by atoms with van der Waals surface area (Å²) in [5.74, 6) is 2.89. The van der Waals surface area contributed by atoms with Gasteiger partial charge < -0.3 is 19.8 Å². The minimum absolute atomic E-state index is 0.224. The van der Waals surface area contributed by atoms with Crippen molar-refractivity contribution in [2.75, 3.05) is 43.9 Å². The number of nitrogens with zero attached hydrogens (tertiary/aromatic N) is 8. The van der Waals surface area contributed by atoms with Gasteiger partial charge in [-0.15, -0.1) is 5.10 Å². The first-order valence-corrected chi connectivity index (χ1v) is 11.5. The molecule has 1 aliphatic heterocycles. The lowest BCUT2D eigenvalue weighted by Crippen LogP contribution is -2.46. The number of piperazine rings is 1. The van der Waals surface area contributed by atoms with E-state index in [0.29, 0.717) is 35.0 Å².